The highest BCUT2D eigenvalue weighted by Gasteiger charge is 2.46. The molecule has 1 amide bonds. The Morgan fingerprint density at radius 1 is 1.13 bits per heavy atom. The maximum absolute atomic E-state index is 12.9. The SMILES string of the molecule is CCCN1C(=O)C(=O)/C(=C(/O)c2cc(Cl)cc(Cl)c2OC)C1c1ccc(O)c(Cl)c1. The summed E-state index contributed by atoms with van der Waals surface area (Å²) in [5.41, 5.74) is 0.394. The number of phenolic OH excluding ortho intramolecular Hbond substituents is 1. The molecule has 2 aromatic carbocycles. The van der Waals surface area contributed by atoms with Crippen molar-refractivity contribution in [2.75, 3.05) is 13.7 Å². The second kappa shape index (κ2) is 8.76. The number of likely N-dealkylation sites (tertiary alicyclic amines) is 1. The van der Waals surface area contributed by atoms with Crippen molar-refractivity contribution in [3.63, 3.8) is 0 Å². The highest BCUT2D eigenvalue weighted by atomic mass is 35.5. The van der Waals surface area contributed by atoms with E-state index in [9.17, 15) is 19.8 Å². The van der Waals surface area contributed by atoms with E-state index >= 15 is 0 Å². The van der Waals surface area contributed by atoms with Crippen molar-refractivity contribution in [3.8, 4) is 11.5 Å². The molecule has 158 valence electrons. The van der Waals surface area contributed by atoms with Crippen molar-refractivity contribution < 1.29 is 24.5 Å². The molecule has 3 rings (SSSR count). The molecule has 9 heteroatoms. The molecular weight excluding hydrogens is 453 g/mol. The molecule has 0 aliphatic carbocycles. The summed E-state index contributed by atoms with van der Waals surface area (Å²) in [6.45, 7) is 2.14. The lowest BCUT2D eigenvalue weighted by molar-refractivity contribution is -0.139. The van der Waals surface area contributed by atoms with Gasteiger partial charge in [-0.2, -0.15) is 0 Å². The zero-order chi connectivity index (χ0) is 22.2. The molecule has 0 saturated carbocycles. The van der Waals surface area contributed by atoms with E-state index in [1.807, 2.05) is 6.92 Å². The van der Waals surface area contributed by atoms with Gasteiger partial charge in [-0.3, -0.25) is 9.59 Å². The van der Waals surface area contributed by atoms with Crippen LogP contribution in [0.15, 0.2) is 35.9 Å². The number of nitrogens with zero attached hydrogens (tertiary/aromatic N) is 1. The van der Waals surface area contributed by atoms with E-state index in [1.54, 1.807) is 0 Å². The molecule has 30 heavy (non-hydrogen) atoms. The monoisotopic (exact) mass is 469 g/mol. The normalized spacial score (nSPS) is 18.2. The van der Waals surface area contributed by atoms with Gasteiger partial charge in [-0.15, -0.1) is 0 Å². The number of halogens is 3. The van der Waals surface area contributed by atoms with E-state index in [0.717, 1.165) is 0 Å². The highest BCUT2D eigenvalue weighted by Crippen LogP contribution is 2.44. The highest BCUT2D eigenvalue weighted by molar-refractivity contribution is 6.47. The first-order valence-corrected chi connectivity index (χ1v) is 10.1. The molecule has 0 aromatic heterocycles. The Labute approximate surface area is 188 Å². The van der Waals surface area contributed by atoms with Gasteiger partial charge >= 0.3 is 0 Å². The summed E-state index contributed by atoms with van der Waals surface area (Å²) in [5.74, 6) is -2.10. The van der Waals surface area contributed by atoms with Gasteiger partial charge in [0.25, 0.3) is 11.7 Å². The third kappa shape index (κ3) is 3.83. The zero-order valence-corrected chi connectivity index (χ0v) is 18.3. The Kier molecular flexibility index (Phi) is 6.50. The molecule has 2 aromatic rings. The molecule has 1 atom stereocenters. The van der Waals surface area contributed by atoms with E-state index in [4.69, 9.17) is 39.5 Å². The topological polar surface area (TPSA) is 87.1 Å². The van der Waals surface area contributed by atoms with Crippen molar-refractivity contribution in [2.45, 2.75) is 19.4 Å². The fourth-order valence-electron chi connectivity index (χ4n) is 3.48. The second-order valence-electron chi connectivity index (χ2n) is 6.67. The van der Waals surface area contributed by atoms with Crippen molar-refractivity contribution in [1.82, 2.24) is 4.90 Å². The average Bonchev–Trinajstić information content (AvgIpc) is 2.94. The summed E-state index contributed by atoms with van der Waals surface area (Å²) in [7, 11) is 1.36. The van der Waals surface area contributed by atoms with Crippen LogP contribution in [0.25, 0.3) is 5.76 Å². The largest absolute Gasteiger partial charge is 0.507 e. The van der Waals surface area contributed by atoms with Crippen LogP contribution in [0.2, 0.25) is 15.1 Å². The molecule has 6 nitrogen and oxygen atoms in total. The van der Waals surface area contributed by atoms with Crippen molar-refractivity contribution in [1.29, 1.82) is 0 Å². The van der Waals surface area contributed by atoms with Gasteiger partial charge < -0.3 is 19.8 Å². The van der Waals surface area contributed by atoms with Crippen LogP contribution >= 0.6 is 34.8 Å². The first kappa shape index (κ1) is 22.3. The van der Waals surface area contributed by atoms with Crippen molar-refractivity contribution in [2.24, 2.45) is 0 Å². The number of aromatic hydroxyl groups is 1. The van der Waals surface area contributed by atoms with Crippen LogP contribution in [0.5, 0.6) is 11.5 Å². The third-order valence-corrected chi connectivity index (χ3v) is 5.56. The number of amides is 1. The molecule has 1 fully saturated rings. The predicted octanol–water partition coefficient (Wildman–Crippen LogP) is 5.19. The number of aliphatic hydroxyl groups is 1. The summed E-state index contributed by atoms with van der Waals surface area (Å²) in [6, 6.07) is 6.27. The fraction of sp³-hybridized carbons (Fsp3) is 0.238. The lowest BCUT2D eigenvalue weighted by Crippen LogP contribution is -2.30. The van der Waals surface area contributed by atoms with Crippen molar-refractivity contribution in [3.05, 3.63) is 62.1 Å². The molecule has 0 bridgehead atoms. The number of carbonyl (C=O) groups excluding carboxylic acids is 2. The van der Waals surface area contributed by atoms with Crippen LogP contribution in [-0.4, -0.2) is 40.5 Å². The number of methoxy groups -OCH3 is 1. The predicted molar refractivity (Wildman–Crippen MR) is 115 cm³/mol. The summed E-state index contributed by atoms with van der Waals surface area (Å²) in [6.07, 6.45) is 0.585. The summed E-state index contributed by atoms with van der Waals surface area (Å²) in [4.78, 5) is 27.0. The lowest BCUT2D eigenvalue weighted by atomic mass is 9.95. The molecule has 1 heterocycles. The molecular formula is C21H18Cl3NO5. The number of benzene rings is 2. The summed E-state index contributed by atoms with van der Waals surface area (Å²) in [5, 5.41) is 21.3. The van der Waals surface area contributed by atoms with E-state index in [2.05, 4.69) is 0 Å². The number of hydrogen-bond donors (Lipinski definition) is 2. The smallest absolute Gasteiger partial charge is 0.295 e. The first-order chi connectivity index (χ1) is 14.2. The minimum atomic E-state index is -0.912. The number of phenols is 1. The second-order valence-corrected chi connectivity index (χ2v) is 7.92. The molecule has 0 radical (unpaired) electrons. The standard InChI is InChI=1S/C21H18Cl3NO5/c1-3-6-25-17(10-4-5-15(26)13(23)7-10)16(19(28)21(25)29)18(27)12-8-11(22)9-14(24)20(12)30-2/h4-5,7-9,17,26-27H,3,6H2,1-2H3/b18-16+. The Morgan fingerprint density at radius 2 is 1.83 bits per heavy atom. The van der Waals surface area contributed by atoms with Crippen LogP contribution in [0.3, 0.4) is 0 Å². The Morgan fingerprint density at radius 3 is 2.43 bits per heavy atom. The zero-order valence-electron chi connectivity index (χ0n) is 16.1. The molecule has 2 N–H and O–H groups in total. The average molecular weight is 471 g/mol. The fourth-order valence-corrected chi connectivity index (χ4v) is 4.24. The first-order valence-electron chi connectivity index (χ1n) is 9.01. The minimum Gasteiger partial charge on any atom is -0.507 e. The number of carbonyl (C=O) groups is 2. The van der Waals surface area contributed by atoms with Crippen LogP contribution in [-0.2, 0) is 9.59 Å². The number of ketones is 1. The number of aliphatic hydroxyl groups excluding tert-OH is 1. The van der Waals surface area contributed by atoms with Gasteiger partial charge in [0.1, 0.15) is 17.3 Å². The molecule has 0 spiro atoms. The van der Waals surface area contributed by atoms with Gasteiger partial charge in [0.15, 0.2) is 0 Å². The van der Waals surface area contributed by atoms with Crippen LogP contribution in [0.4, 0.5) is 0 Å². The van der Waals surface area contributed by atoms with E-state index in [-0.39, 0.29) is 44.2 Å². The van der Waals surface area contributed by atoms with Crippen molar-refractivity contribution >= 4 is 52.3 Å². The Hall–Kier alpha value is -2.41. The van der Waals surface area contributed by atoms with E-state index < -0.39 is 23.5 Å². The Balaban J connectivity index is 2.30. The minimum absolute atomic E-state index is 0.0537. The van der Waals surface area contributed by atoms with Gasteiger partial charge in [-0.1, -0.05) is 47.8 Å². The number of rotatable bonds is 5. The number of Topliss-reactive ketones (excluding diaryl/α,β-unsaturated/α-hetero) is 1. The number of hydrogen-bond acceptors (Lipinski definition) is 5. The van der Waals surface area contributed by atoms with E-state index in [0.29, 0.717) is 12.0 Å². The van der Waals surface area contributed by atoms with Gasteiger partial charge in [0.05, 0.1) is 34.3 Å². The number of ether oxygens (including phenoxy) is 1. The van der Waals surface area contributed by atoms with E-state index in [1.165, 1.54) is 42.3 Å². The Bertz CT molecular complexity index is 1070. The maximum atomic E-state index is 12.9. The third-order valence-electron chi connectivity index (χ3n) is 4.76. The molecule has 1 unspecified atom stereocenters. The lowest BCUT2D eigenvalue weighted by Gasteiger charge is -2.25. The molecule has 1 aliphatic rings. The molecule has 1 saturated heterocycles. The van der Waals surface area contributed by atoms with Crippen LogP contribution in [0.1, 0.15) is 30.5 Å². The van der Waals surface area contributed by atoms with Gasteiger partial charge in [-0.25, -0.2) is 0 Å². The summed E-state index contributed by atoms with van der Waals surface area (Å²) < 4.78 is 5.28. The molecule has 1 aliphatic heterocycles. The van der Waals surface area contributed by atoms with Gasteiger partial charge in [0, 0.05) is 11.6 Å². The van der Waals surface area contributed by atoms with Gasteiger partial charge in [0.2, 0.25) is 0 Å². The summed E-state index contributed by atoms with van der Waals surface area (Å²) >= 11 is 18.3. The van der Waals surface area contributed by atoms with Crippen LogP contribution < -0.4 is 4.74 Å². The maximum Gasteiger partial charge on any atom is 0.295 e. The van der Waals surface area contributed by atoms with Crippen LogP contribution in [0, 0.1) is 0 Å². The van der Waals surface area contributed by atoms with Gasteiger partial charge in [-0.05, 0) is 36.2 Å². The quantitative estimate of drug-likeness (QED) is 0.357.